The zero-order chi connectivity index (χ0) is 17.7. The third-order valence-corrected chi connectivity index (χ3v) is 5.67. The van der Waals surface area contributed by atoms with Gasteiger partial charge in [-0.2, -0.15) is 0 Å². The molecular weight excluding hydrogens is 363 g/mol. The molecule has 10 nitrogen and oxygen atoms in total. The lowest BCUT2D eigenvalue weighted by Gasteiger charge is -2.24. The number of aromatic amines is 1. The normalized spacial score (nSPS) is 32.0. The van der Waals surface area contributed by atoms with Gasteiger partial charge < -0.3 is 19.3 Å². The largest absolute Gasteiger partial charge is 0.469 e. The Labute approximate surface area is 140 Å². The molecular formula is C12H17N2O8PS. The number of rotatable bonds is 4. The average molecular weight is 380 g/mol. The van der Waals surface area contributed by atoms with E-state index in [2.05, 4.69) is 9.51 Å². The van der Waals surface area contributed by atoms with Crippen LogP contribution in [0.15, 0.2) is 21.9 Å². The molecule has 24 heavy (non-hydrogen) atoms. The predicted octanol–water partition coefficient (Wildman–Crippen LogP) is -0.220. The first kappa shape index (κ1) is 17.9. The number of hydrogen-bond donors (Lipinski definition) is 3. The Kier molecular flexibility index (Phi) is 4.54. The Bertz CT molecular complexity index is 786. The maximum absolute atomic E-state index is 12.0. The van der Waals surface area contributed by atoms with E-state index in [-0.39, 0.29) is 6.61 Å². The zero-order valence-electron chi connectivity index (χ0n) is 12.8. The summed E-state index contributed by atoms with van der Waals surface area (Å²) in [4.78, 5) is 43.2. The van der Waals surface area contributed by atoms with Crippen molar-refractivity contribution in [3.63, 3.8) is 0 Å². The lowest BCUT2D eigenvalue weighted by Crippen LogP contribution is -2.36. The van der Waals surface area contributed by atoms with E-state index < -0.39 is 47.7 Å². The summed E-state index contributed by atoms with van der Waals surface area (Å²) in [6.07, 6.45) is 0.316. The Balaban J connectivity index is 1.89. The van der Waals surface area contributed by atoms with Crippen molar-refractivity contribution in [2.45, 2.75) is 42.5 Å². The number of nitrogens with zero attached hydrogens (tertiary/aromatic N) is 1. The second kappa shape index (κ2) is 6.10. The van der Waals surface area contributed by atoms with E-state index in [1.165, 1.54) is 28.6 Å². The van der Waals surface area contributed by atoms with E-state index in [1.54, 1.807) is 13.8 Å². The SMILES string of the molecule is CC1(C)O[C@@H]2[C@H](O1)[C@@H](COP(=O)(O)O)S[C@H]2n1ccc(=O)[nH]c1=O. The zero-order valence-corrected chi connectivity index (χ0v) is 14.5. The van der Waals surface area contributed by atoms with Crippen molar-refractivity contribution in [1.29, 1.82) is 0 Å². The van der Waals surface area contributed by atoms with E-state index >= 15 is 0 Å². The maximum Gasteiger partial charge on any atom is 0.469 e. The molecule has 3 heterocycles. The van der Waals surface area contributed by atoms with Gasteiger partial charge in [-0.3, -0.25) is 18.9 Å². The predicted molar refractivity (Wildman–Crippen MR) is 83.6 cm³/mol. The Hall–Kier alpha value is -0.940. The highest BCUT2D eigenvalue weighted by molar-refractivity contribution is 8.00. The van der Waals surface area contributed by atoms with E-state index in [9.17, 15) is 14.2 Å². The second-order valence-corrected chi connectivity index (χ2v) is 8.53. The highest BCUT2D eigenvalue weighted by Gasteiger charge is 2.55. The molecule has 0 spiro atoms. The van der Waals surface area contributed by atoms with Crippen LogP contribution in [0.1, 0.15) is 19.2 Å². The first-order valence-corrected chi connectivity index (χ1v) is 9.56. The van der Waals surface area contributed by atoms with Crippen LogP contribution in [0.2, 0.25) is 0 Å². The average Bonchev–Trinajstić information content (AvgIpc) is 2.90. The van der Waals surface area contributed by atoms with Gasteiger partial charge in [-0.1, -0.05) is 0 Å². The molecule has 2 aliphatic heterocycles. The number of ether oxygens (including phenoxy) is 2. The summed E-state index contributed by atoms with van der Waals surface area (Å²) < 4.78 is 28.5. The summed E-state index contributed by atoms with van der Waals surface area (Å²) >= 11 is 1.24. The third kappa shape index (κ3) is 3.67. The first-order valence-electron chi connectivity index (χ1n) is 7.08. The molecule has 0 aromatic carbocycles. The van der Waals surface area contributed by atoms with Crippen LogP contribution in [0.5, 0.6) is 0 Å². The quantitative estimate of drug-likeness (QED) is 0.605. The van der Waals surface area contributed by atoms with Gasteiger partial charge in [-0.25, -0.2) is 9.36 Å². The highest BCUT2D eigenvalue weighted by atomic mass is 32.2. The minimum Gasteiger partial charge on any atom is -0.343 e. The van der Waals surface area contributed by atoms with Gasteiger partial charge in [0.05, 0.1) is 11.9 Å². The van der Waals surface area contributed by atoms with Crippen molar-refractivity contribution in [3.8, 4) is 0 Å². The molecule has 0 aliphatic carbocycles. The van der Waals surface area contributed by atoms with E-state index in [4.69, 9.17) is 19.3 Å². The summed E-state index contributed by atoms with van der Waals surface area (Å²) in [7, 11) is -4.62. The molecule has 12 heteroatoms. The lowest BCUT2D eigenvalue weighted by molar-refractivity contribution is -0.149. The topological polar surface area (TPSA) is 140 Å². The van der Waals surface area contributed by atoms with Gasteiger partial charge in [0.1, 0.15) is 17.6 Å². The van der Waals surface area contributed by atoms with Gasteiger partial charge in [-0.15, -0.1) is 11.8 Å². The van der Waals surface area contributed by atoms with Gasteiger partial charge in [0, 0.05) is 12.3 Å². The van der Waals surface area contributed by atoms with Gasteiger partial charge in [-0.05, 0) is 13.8 Å². The van der Waals surface area contributed by atoms with Crippen molar-refractivity contribution in [2.75, 3.05) is 6.61 Å². The van der Waals surface area contributed by atoms with Gasteiger partial charge >= 0.3 is 13.5 Å². The van der Waals surface area contributed by atoms with Gasteiger partial charge in [0.15, 0.2) is 5.79 Å². The van der Waals surface area contributed by atoms with Crippen LogP contribution in [0, 0.1) is 0 Å². The lowest BCUT2D eigenvalue weighted by atomic mass is 10.1. The molecule has 0 saturated carbocycles. The minimum absolute atomic E-state index is 0.260. The molecule has 0 bridgehead atoms. The molecule has 2 saturated heterocycles. The second-order valence-electron chi connectivity index (χ2n) is 5.93. The molecule has 3 N–H and O–H groups in total. The molecule has 1 aromatic rings. The maximum atomic E-state index is 12.0. The smallest absolute Gasteiger partial charge is 0.343 e. The number of phosphoric acid groups is 1. The number of aromatic nitrogens is 2. The van der Waals surface area contributed by atoms with Gasteiger partial charge in [0.25, 0.3) is 5.56 Å². The van der Waals surface area contributed by atoms with Crippen LogP contribution in [-0.4, -0.2) is 49.2 Å². The summed E-state index contributed by atoms with van der Waals surface area (Å²) in [5.41, 5.74) is -1.11. The van der Waals surface area contributed by atoms with Crippen LogP contribution in [0.3, 0.4) is 0 Å². The van der Waals surface area contributed by atoms with Crippen molar-refractivity contribution in [1.82, 2.24) is 9.55 Å². The summed E-state index contributed by atoms with van der Waals surface area (Å²) in [6.45, 7) is 3.16. The first-order chi connectivity index (χ1) is 11.1. The van der Waals surface area contributed by atoms with Crippen molar-refractivity contribution >= 4 is 19.6 Å². The molecule has 4 atom stereocenters. The standard InChI is InChI=1S/C12H17N2O8PS/c1-12(2)21-8-6(5-20-23(17,18)19)24-10(9(8)22-12)14-4-3-7(15)13-11(14)16/h3-4,6,8-10H,5H2,1-2H3,(H,13,15,16)(H2,17,18,19)/t6-,8-,9-,10-/m1/s1. The molecule has 2 fully saturated rings. The molecule has 1 aromatic heterocycles. The summed E-state index contributed by atoms with van der Waals surface area (Å²) in [5, 5.41) is -0.972. The Morgan fingerprint density at radius 2 is 2.04 bits per heavy atom. The highest BCUT2D eigenvalue weighted by Crippen LogP contribution is 2.51. The number of nitrogens with one attached hydrogen (secondary N) is 1. The Morgan fingerprint density at radius 1 is 1.38 bits per heavy atom. The molecule has 2 aliphatic rings. The van der Waals surface area contributed by atoms with Crippen LogP contribution in [-0.2, 0) is 18.6 Å². The third-order valence-electron chi connectivity index (χ3n) is 3.66. The van der Waals surface area contributed by atoms with Crippen molar-refractivity contribution < 1.29 is 28.3 Å². The fraction of sp³-hybridized carbons (Fsp3) is 0.667. The van der Waals surface area contributed by atoms with Crippen LogP contribution in [0.4, 0.5) is 0 Å². The van der Waals surface area contributed by atoms with Crippen molar-refractivity contribution in [3.05, 3.63) is 33.1 Å². The summed E-state index contributed by atoms with van der Waals surface area (Å²) in [6, 6.07) is 1.22. The van der Waals surface area contributed by atoms with E-state index in [0.29, 0.717) is 0 Å². The number of fused-ring (bicyclic) bond motifs is 1. The number of hydrogen-bond acceptors (Lipinski definition) is 7. The molecule has 3 rings (SSSR count). The fourth-order valence-corrected chi connectivity index (χ4v) is 4.80. The number of thioether (sulfide) groups is 1. The minimum atomic E-state index is -4.62. The van der Waals surface area contributed by atoms with E-state index in [1.807, 2.05) is 0 Å². The molecule has 0 amide bonds. The fourth-order valence-electron chi connectivity index (χ4n) is 2.82. The monoisotopic (exact) mass is 380 g/mol. The van der Waals surface area contributed by atoms with Crippen LogP contribution in [0.25, 0.3) is 0 Å². The van der Waals surface area contributed by atoms with Crippen molar-refractivity contribution in [2.24, 2.45) is 0 Å². The van der Waals surface area contributed by atoms with Crippen LogP contribution >= 0.6 is 19.6 Å². The molecule has 0 radical (unpaired) electrons. The molecule has 0 unspecified atom stereocenters. The van der Waals surface area contributed by atoms with Gasteiger partial charge in [0.2, 0.25) is 0 Å². The Morgan fingerprint density at radius 3 is 2.67 bits per heavy atom. The number of H-pyrrole nitrogens is 1. The van der Waals surface area contributed by atoms with E-state index in [0.717, 1.165) is 0 Å². The molecule has 134 valence electrons. The van der Waals surface area contributed by atoms with Crippen LogP contribution < -0.4 is 11.2 Å². The summed E-state index contributed by atoms with van der Waals surface area (Å²) in [5.74, 6) is -0.902. The number of phosphoric ester groups is 1.